The highest BCUT2D eigenvalue weighted by Crippen LogP contribution is 2.42. The maximum Gasteiger partial charge on any atom is 0.306 e. The monoisotopic (exact) mass is 896 g/mol. The summed E-state index contributed by atoms with van der Waals surface area (Å²) in [6.07, 6.45) is -0.993. The number of hydrogen-bond donors (Lipinski definition) is 1. The number of likely N-dealkylation sites (tertiary alicyclic amines) is 1. The number of rotatable bonds is 27. The predicted octanol–water partition coefficient (Wildman–Crippen LogP) is 5.14. The normalized spacial score (nSPS) is 15.8. The van der Waals surface area contributed by atoms with Gasteiger partial charge in [-0.15, -0.1) is 0 Å². The number of imide groups is 1. The van der Waals surface area contributed by atoms with Gasteiger partial charge in [-0.05, 0) is 53.1 Å². The van der Waals surface area contributed by atoms with E-state index in [1.54, 1.807) is 43.4 Å². The summed E-state index contributed by atoms with van der Waals surface area (Å²) >= 11 is 0. The maximum absolute atomic E-state index is 13.9. The maximum atomic E-state index is 13.9. The van der Waals surface area contributed by atoms with Crippen LogP contribution in [0.5, 0.6) is 11.5 Å². The van der Waals surface area contributed by atoms with E-state index in [9.17, 15) is 24.0 Å². The Bertz CT molecular complexity index is 2100. The summed E-state index contributed by atoms with van der Waals surface area (Å²) in [6.45, 7) is 2.40. The van der Waals surface area contributed by atoms with Gasteiger partial charge in [0.15, 0.2) is 0 Å². The average molecular weight is 897 g/mol. The van der Waals surface area contributed by atoms with Gasteiger partial charge in [-0.3, -0.25) is 28.9 Å². The highest BCUT2D eigenvalue weighted by Gasteiger charge is 2.43. The number of methoxy groups -OCH3 is 2. The lowest BCUT2D eigenvalue weighted by molar-refractivity contribution is -0.152. The summed E-state index contributed by atoms with van der Waals surface area (Å²) in [5.41, 5.74) is 2.13. The summed E-state index contributed by atoms with van der Waals surface area (Å²) in [4.78, 5) is 65.4. The van der Waals surface area contributed by atoms with Crippen LogP contribution in [0.15, 0.2) is 103 Å². The van der Waals surface area contributed by atoms with Crippen LogP contribution in [0.4, 0.5) is 0 Å². The average Bonchev–Trinajstić information content (AvgIpc) is 3.85. The van der Waals surface area contributed by atoms with Crippen molar-refractivity contribution in [1.29, 1.82) is 0 Å². The molecule has 2 heterocycles. The molecule has 16 heteroatoms. The molecular weight excluding hydrogens is 841 g/mol. The molecule has 0 radical (unpaired) electrons. The van der Waals surface area contributed by atoms with E-state index in [4.69, 9.17) is 43.0 Å². The van der Waals surface area contributed by atoms with Crippen LogP contribution in [0, 0.1) is 0 Å². The molecule has 16 nitrogen and oxygen atoms in total. The van der Waals surface area contributed by atoms with Crippen LogP contribution in [-0.2, 0) is 48.4 Å². The number of fused-ring (bicyclic) bond motifs is 1. The van der Waals surface area contributed by atoms with E-state index in [0.29, 0.717) is 42.4 Å². The molecule has 1 N–H and O–H groups in total. The highest BCUT2D eigenvalue weighted by atomic mass is 16.6. The molecule has 3 amide bonds. The molecule has 2 aliphatic heterocycles. The van der Waals surface area contributed by atoms with Crippen LogP contribution in [0.1, 0.15) is 63.1 Å². The molecule has 65 heavy (non-hydrogen) atoms. The van der Waals surface area contributed by atoms with E-state index >= 15 is 0 Å². The second kappa shape index (κ2) is 24.2. The lowest BCUT2D eigenvalue weighted by atomic mass is 9.80. The minimum atomic E-state index is -1.15. The fourth-order valence-corrected chi connectivity index (χ4v) is 7.83. The highest BCUT2D eigenvalue weighted by molar-refractivity contribution is 6.21. The Morgan fingerprint density at radius 3 is 1.63 bits per heavy atom. The first-order valence-electron chi connectivity index (χ1n) is 21.6. The number of hydrogen-bond acceptors (Lipinski definition) is 13. The Kier molecular flexibility index (Phi) is 18.0. The fourth-order valence-electron chi connectivity index (χ4n) is 7.83. The van der Waals surface area contributed by atoms with Crippen molar-refractivity contribution in [3.63, 3.8) is 0 Å². The van der Waals surface area contributed by atoms with Crippen molar-refractivity contribution in [3.8, 4) is 11.5 Å². The minimum absolute atomic E-state index is 0.0487. The van der Waals surface area contributed by atoms with Crippen LogP contribution in [0.25, 0.3) is 0 Å². The van der Waals surface area contributed by atoms with Crippen molar-refractivity contribution >= 4 is 29.7 Å². The van der Waals surface area contributed by atoms with Crippen LogP contribution in [-0.4, -0.2) is 143 Å². The van der Waals surface area contributed by atoms with Crippen molar-refractivity contribution in [2.75, 3.05) is 86.8 Å². The van der Waals surface area contributed by atoms with E-state index in [1.165, 1.54) is 4.90 Å². The fraction of sp³-hybridized carbons (Fsp3) is 0.408. The predicted molar refractivity (Wildman–Crippen MR) is 235 cm³/mol. The summed E-state index contributed by atoms with van der Waals surface area (Å²) < 4.78 is 46.2. The number of benzene rings is 4. The Morgan fingerprint density at radius 2 is 1.11 bits per heavy atom. The Morgan fingerprint density at radius 1 is 0.615 bits per heavy atom. The third-order valence-corrected chi connectivity index (χ3v) is 11.1. The van der Waals surface area contributed by atoms with Gasteiger partial charge in [-0.25, -0.2) is 0 Å². The van der Waals surface area contributed by atoms with E-state index in [0.717, 1.165) is 16.7 Å². The Labute approximate surface area is 378 Å². The molecule has 1 fully saturated rings. The van der Waals surface area contributed by atoms with E-state index in [2.05, 4.69) is 0 Å². The molecule has 2 atom stereocenters. The molecule has 0 bridgehead atoms. The molecule has 0 spiro atoms. The molecule has 0 aromatic heterocycles. The van der Waals surface area contributed by atoms with Crippen LogP contribution >= 0.6 is 0 Å². The van der Waals surface area contributed by atoms with Crippen molar-refractivity contribution < 1.29 is 67.0 Å². The zero-order valence-electron chi connectivity index (χ0n) is 36.7. The topological polar surface area (TPSA) is 186 Å². The summed E-state index contributed by atoms with van der Waals surface area (Å²) in [6, 6.07) is 31.2. The number of esters is 1. The third kappa shape index (κ3) is 12.8. The smallest absolute Gasteiger partial charge is 0.306 e. The zero-order chi connectivity index (χ0) is 46.0. The Hall–Kier alpha value is -6.17. The number of amides is 3. The van der Waals surface area contributed by atoms with Crippen LogP contribution in [0.3, 0.4) is 0 Å². The van der Waals surface area contributed by atoms with E-state index in [1.807, 2.05) is 78.9 Å². The largest absolute Gasteiger partial charge is 0.497 e. The SMILES string of the molecule is COc1ccc(C(OCC2C[C@@H](OC(=O)CCC(=O)O)CN2C(=O)CCOCCOCCOCCOCCN2C(=O)c3ccccc3C2=O)(c2ccccc2)c2ccc(OC)cc2)cc1. The number of nitrogens with zero attached hydrogens (tertiary/aromatic N) is 2. The van der Waals surface area contributed by atoms with E-state index < -0.39 is 29.7 Å². The molecule has 0 saturated carbocycles. The van der Waals surface area contributed by atoms with Gasteiger partial charge >= 0.3 is 11.9 Å². The molecule has 4 aromatic rings. The molecule has 0 aliphatic carbocycles. The quantitative estimate of drug-likeness (QED) is 0.0359. The zero-order valence-corrected chi connectivity index (χ0v) is 36.7. The molecular formula is C49H56N2O14. The van der Waals surface area contributed by atoms with Gasteiger partial charge in [-0.1, -0.05) is 66.7 Å². The molecule has 346 valence electrons. The van der Waals surface area contributed by atoms with Gasteiger partial charge in [0.1, 0.15) is 23.2 Å². The molecule has 1 unspecified atom stereocenters. The number of carbonyl (C=O) groups is 5. The van der Waals surface area contributed by atoms with Crippen molar-refractivity contribution in [2.24, 2.45) is 0 Å². The minimum Gasteiger partial charge on any atom is -0.497 e. The van der Waals surface area contributed by atoms with Crippen molar-refractivity contribution in [3.05, 3.63) is 131 Å². The summed E-state index contributed by atoms with van der Waals surface area (Å²) in [5, 5.41) is 9.11. The molecule has 2 aliphatic rings. The molecule has 4 aromatic carbocycles. The van der Waals surface area contributed by atoms with Crippen molar-refractivity contribution in [1.82, 2.24) is 9.80 Å². The Balaban J connectivity index is 0.987. The number of ether oxygens (including phenoxy) is 8. The first-order chi connectivity index (χ1) is 31.6. The second-order valence-electron chi connectivity index (χ2n) is 15.3. The van der Waals surface area contributed by atoms with Crippen LogP contribution in [0.2, 0.25) is 0 Å². The third-order valence-electron chi connectivity index (χ3n) is 11.1. The number of carboxylic acid groups (broad SMARTS) is 1. The number of carbonyl (C=O) groups excluding carboxylic acids is 4. The van der Waals surface area contributed by atoms with E-state index in [-0.39, 0.29) is 96.1 Å². The number of aliphatic carboxylic acids is 1. The standard InChI is InChI=1S/C49H56N2O14/c1-58-39-16-12-36(13-17-39)49(35-8-4-3-5-9-35,37-14-18-40(59-2)19-15-37)64-34-38-32-41(65-46(55)21-20-45(53)54)33-51(38)44(52)22-24-60-26-28-62-30-31-63-29-27-61-25-23-50-47(56)42-10-6-7-11-43(42)48(50)57/h3-19,38,41H,20-34H2,1-2H3,(H,53,54)/t38?,41-/m1/s1. The first-order valence-corrected chi connectivity index (χ1v) is 21.6. The van der Waals surface area contributed by atoms with Gasteiger partial charge in [0.25, 0.3) is 11.8 Å². The molecule has 1 saturated heterocycles. The summed E-state index contributed by atoms with van der Waals surface area (Å²) in [7, 11) is 3.20. The lowest BCUT2D eigenvalue weighted by Gasteiger charge is -2.38. The van der Waals surface area contributed by atoms with Gasteiger partial charge in [0.05, 0.1) is 123 Å². The van der Waals surface area contributed by atoms with Gasteiger partial charge in [0.2, 0.25) is 5.91 Å². The first kappa shape index (κ1) is 48.3. The summed E-state index contributed by atoms with van der Waals surface area (Å²) in [5.74, 6) is -1.27. The second-order valence-corrected chi connectivity index (χ2v) is 15.3. The molecule has 6 rings (SSSR count). The number of carboxylic acids is 1. The van der Waals surface area contributed by atoms with Gasteiger partial charge in [-0.2, -0.15) is 0 Å². The van der Waals surface area contributed by atoms with Gasteiger partial charge in [0, 0.05) is 6.42 Å². The van der Waals surface area contributed by atoms with Crippen molar-refractivity contribution in [2.45, 2.75) is 43.4 Å². The lowest BCUT2D eigenvalue weighted by Crippen LogP contribution is -2.42. The van der Waals surface area contributed by atoms with Crippen LogP contribution < -0.4 is 9.47 Å². The van der Waals surface area contributed by atoms with Gasteiger partial charge < -0.3 is 47.9 Å².